The first kappa shape index (κ1) is 11.4. The number of hydrogen-bond donors (Lipinski definition) is 2. The number of halogens is 2. The molecule has 0 heterocycles. The maximum absolute atomic E-state index is 10.6. The fourth-order valence-corrected chi connectivity index (χ4v) is 1.10. The summed E-state index contributed by atoms with van der Waals surface area (Å²) < 4.78 is 26.0. The van der Waals surface area contributed by atoms with Gasteiger partial charge in [-0.05, 0) is 13.8 Å². The Morgan fingerprint density at radius 1 is 1.36 bits per heavy atom. The van der Waals surface area contributed by atoms with Gasteiger partial charge in [0.05, 0.1) is 0 Å². The van der Waals surface area contributed by atoms with Gasteiger partial charge in [-0.1, -0.05) is 23.2 Å². The van der Waals surface area contributed by atoms with Crippen molar-refractivity contribution in [2.24, 2.45) is 5.73 Å². The van der Waals surface area contributed by atoms with E-state index >= 15 is 0 Å². The maximum atomic E-state index is 10.6. The molecule has 0 unspecified atom stereocenters. The molecule has 0 saturated carbocycles. The molecule has 0 bridgehead atoms. The van der Waals surface area contributed by atoms with Crippen molar-refractivity contribution in [3.63, 3.8) is 0 Å². The van der Waals surface area contributed by atoms with Crippen LogP contribution in [0.3, 0.4) is 0 Å². The summed E-state index contributed by atoms with van der Waals surface area (Å²) in [6.07, 6.45) is 0. The molecule has 0 aromatic heterocycles. The minimum atomic E-state index is -4.35. The van der Waals surface area contributed by atoms with Crippen molar-refractivity contribution in [2.45, 2.75) is 23.1 Å². The van der Waals surface area contributed by atoms with Crippen molar-refractivity contribution < 1.29 is 13.0 Å². The molecule has 0 aromatic rings. The molecule has 0 aliphatic rings. The lowest BCUT2D eigenvalue weighted by Crippen LogP contribution is -2.53. The molecule has 0 spiro atoms. The van der Waals surface area contributed by atoms with Crippen LogP contribution in [0.5, 0.6) is 0 Å². The van der Waals surface area contributed by atoms with Crippen LogP contribution < -0.4 is 5.73 Å². The third kappa shape index (κ3) is 2.19. The highest BCUT2D eigenvalue weighted by atomic mass is 35.5. The van der Waals surface area contributed by atoms with Crippen LogP contribution in [-0.2, 0) is 10.1 Å². The Balaban J connectivity index is 5.08. The van der Waals surface area contributed by atoms with Crippen LogP contribution in [0.4, 0.5) is 0 Å². The molecule has 0 amide bonds. The molecule has 11 heavy (non-hydrogen) atoms. The van der Waals surface area contributed by atoms with Gasteiger partial charge in [0.15, 0.2) is 4.46 Å². The third-order valence-electron chi connectivity index (χ3n) is 1.45. The highest BCUT2D eigenvalue weighted by Gasteiger charge is 2.48. The van der Waals surface area contributed by atoms with Crippen molar-refractivity contribution in [2.75, 3.05) is 0 Å². The van der Waals surface area contributed by atoms with Crippen LogP contribution in [0.1, 0.15) is 13.8 Å². The van der Waals surface area contributed by atoms with E-state index in [-0.39, 0.29) is 0 Å². The Morgan fingerprint density at radius 2 is 1.64 bits per heavy atom. The molecule has 0 aliphatic heterocycles. The van der Waals surface area contributed by atoms with E-state index < -0.39 is 19.3 Å². The molecule has 0 radical (unpaired) electrons. The molecule has 7 heteroatoms. The molecule has 0 aromatic carbocycles. The summed E-state index contributed by atoms with van der Waals surface area (Å²) in [7, 11) is -4.35. The Hall–Kier alpha value is 0.450. The summed E-state index contributed by atoms with van der Waals surface area (Å²) in [5.41, 5.74) is 5.09. The number of hydrogen-bond acceptors (Lipinski definition) is 3. The third-order valence-corrected chi connectivity index (χ3v) is 4.23. The van der Waals surface area contributed by atoms with Crippen molar-refractivity contribution >= 4 is 33.3 Å². The first-order valence-electron chi connectivity index (χ1n) is 2.64. The average Bonchev–Trinajstić information content (AvgIpc) is 1.58. The van der Waals surface area contributed by atoms with Crippen molar-refractivity contribution in [3.05, 3.63) is 0 Å². The Bertz CT molecular complexity index is 241. The predicted octanol–water partition coefficient (Wildman–Crippen LogP) is 0.743. The normalized spacial score (nSPS) is 15.1. The van der Waals surface area contributed by atoms with Crippen LogP contribution in [0.2, 0.25) is 0 Å². The number of nitrogens with two attached hydrogens (primary N) is 1. The lowest BCUT2D eigenvalue weighted by atomic mass is 10.2. The van der Waals surface area contributed by atoms with Crippen LogP contribution in [0, 0.1) is 0 Å². The van der Waals surface area contributed by atoms with Gasteiger partial charge in [-0.15, -0.1) is 0 Å². The minimum absolute atomic E-state index is 1.13. The van der Waals surface area contributed by atoms with Gasteiger partial charge < -0.3 is 0 Å². The summed E-state index contributed by atoms with van der Waals surface area (Å²) in [6, 6.07) is 0. The fraction of sp³-hybridized carbons (Fsp3) is 1.00. The summed E-state index contributed by atoms with van der Waals surface area (Å²) in [5, 5.41) is 0. The van der Waals surface area contributed by atoms with Crippen molar-refractivity contribution in [1.82, 2.24) is 0 Å². The molecule has 0 fully saturated rings. The van der Waals surface area contributed by atoms with E-state index in [1.54, 1.807) is 0 Å². The van der Waals surface area contributed by atoms with Crippen LogP contribution >= 0.6 is 23.2 Å². The number of alkyl halides is 2. The van der Waals surface area contributed by atoms with E-state index in [1.165, 1.54) is 0 Å². The fourth-order valence-electron chi connectivity index (χ4n) is 0.172. The van der Waals surface area contributed by atoms with Crippen molar-refractivity contribution in [3.8, 4) is 0 Å². The molecular formula is C4H9Cl2NO3S. The summed E-state index contributed by atoms with van der Waals surface area (Å²) in [5.74, 6) is 0. The molecule has 68 valence electrons. The van der Waals surface area contributed by atoms with E-state index in [0.717, 1.165) is 13.8 Å². The van der Waals surface area contributed by atoms with Crippen LogP contribution in [-0.4, -0.2) is 22.2 Å². The zero-order chi connectivity index (χ0) is 9.50. The van der Waals surface area contributed by atoms with Gasteiger partial charge in [-0.2, -0.15) is 8.42 Å². The topological polar surface area (TPSA) is 80.4 Å². The predicted molar refractivity (Wildman–Crippen MR) is 44.3 cm³/mol. The highest BCUT2D eigenvalue weighted by Crippen LogP contribution is 2.33. The number of rotatable bonds is 2. The molecular weight excluding hydrogens is 213 g/mol. The van der Waals surface area contributed by atoms with Gasteiger partial charge >= 0.3 is 0 Å². The minimum Gasteiger partial charge on any atom is -0.299 e. The molecule has 0 saturated heterocycles. The molecule has 0 rings (SSSR count). The molecule has 0 aliphatic carbocycles. The summed E-state index contributed by atoms with van der Waals surface area (Å²) in [6.45, 7) is 2.25. The zero-order valence-electron chi connectivity index (χ0n) is 6.01. The smallest absolute Gasteiger partial charge is 0.274 e. The average molecular weight is 222 g/mol. The highest BCUT2D eigenvalue weighted by molar-refractivity contribution is 7.87. The van der Waals surface area contributed by atoms with Gasteiger partial charge in [0.1, 0.15) is 4.75 Å². The Kier molecular flexibility index (Phi) is 2.85. The molecule has 0 atom stereocenters. The van der Waals surface area contributed by atoms with E-state index in [0.29, 0.717) is 0 Å². The van der Waals surface area contributed by atoms with Gasteiger partial charge in [0.2, 0.25) is 0 Å². The molecule has 4 nitrogen and oxygen atoms in total. The summed E-state index contributed by atoms with van der Waals surface area (Å²) in [4.78, 5) is 0. The maximum Gasteiger partial charge on any atom is 0.274 e. The van der Waals surface area contributed by atoms with E-state index in [4.69, 9.17) is 33.5 Å². The standard InChI is InChI=1S/C4H9Cl2NO3S/c1-3(2,4(5,6)7)11(8,9)10/h7H2,1-2H3,(H,8,9,10). The largest absolute Gasteiger partial charge is 0.299 e. The van der Waals surface area contributed by atoms with Gasteiger partial charge in [-0.3, -0.25) is 10.3 Å². The van der Waals surface area contributed by atoms with Gasteiger partial charge in [-0.25, -0.2) is 0 Å². The molecule has 3 N–H and O–H groups in total. The Morgan fingerprint density at radius 3 is 1.64 bits per heavy atom. The Labute approximate surface area is 75.4 Å². The first-order chi connectivity index (χ1) is 4.50. The monoisotopic (exact) mass is 221 g/mol. The van der Waals surface area contributed by atoms with Gasteiger partial charge in [0, 0.05) is 0 Å². The lowest BCUT2D eigenvalue weighted by Gasteiger charge is -2.30. The quantitative estimate of drug-likeness (QED) is 0.410. The van der Waals surface area contributed by atoms with E-state index in [9.17, 15) is 8.42 Å². The van der Waals surface area contributed by atoms with Crippen LogP contribution in [0.25, 0.3) is 0 Å². The second-order valence-electron chi connectivity index (χ2n) is 2.61. The van der Waals surface area contributed by atoms with Crippen molar-refractivity contribution in [1.29, 1.82) is 0 Å². The van der Waals surface area contributed by atoms with E-state index in [2.05, 4.69) is 0 Å². The first-order valence-corrected chi connectivity index (χ1v) is 4.83. The second kappa shape index (κ2) is 2.74. The zero-order valence-corrected chi connectivity index (χ0v) is 8.33. The van der Waals surface area contributed by atoms with Crippen LogP contribution in [0.15, 0.2) is 0 Å². The summed E-state index contributed by atoms with van der Waals surface area (Å²) >= 11 is 10.6. The second-order valence-corrected chi connectivity index (χ2v) is 5.96. The SMILES string of the molecule is CC(C)(C(N)(Cl)Cl)S(=O)(=O)O. The van der Waals surface area contributed by atoms with E-state index in [1.807, 2.05) is 0 Å². The lowest BCUT2D eigenvalue weighted by molar-refractivity contribution is 0.427. The van der Waals surface area contributed by atoms with Gasteiger partial charge in [0.25, 0.3) is 10.1 Å².